The Morgan fingerprint density at radius 3 is 2.57 bits per heavy atom. The highest BCUT2D eigenvalue weighted by molar-refractivity contribution is 5.91. The summed E-state index contributed by atoms with van der Waals surface area (Å²) in [6.45, 7) is 7.48. The van der Waals surface area contributed by atoms with Crippen LogP contribution in [0.15, 0.2) is 6.07 Å². The molecule has 2 N–H and O–H groups in total. The van der Waals surface area contributed by atoms with Crippen molar-refractivity contribution < 1.29 is 9.90 Å². The van der Waals surface area contributed by atoms with Gasteiger partial charge in [-0.25, -0.2) is 9.50 Å². The van der Waals surface area contributed by atoms with Crippen LogP contribution in [-0.4, -0.2) is 42.7 Å². The number of hydrogen-bond donors (Lipinski definition) is 2. The summed E-state index contributed by atoms with van der Waals surface area (Å²) in [5.41, 5.74) is 1.06. The average Bonchev–Trinajstić information content (AvgIpc) is 2.89. The Balaban J connectivity index is 2.34. The number of amides is 1. The van der Waals surface area contributed by atoms with Gasteiger partial charge >= 0.3 is 0 Å². The Hall–Kier alpha value is -2.02. The first-order valence-electron chi connectivity index (χ1n) is 7.09. The highest BCUT2D eigenvalue weighted by Gasteiger charge is 2.29. The molecule has 0 aliphatic rings. The number of hydrogen-bond acceptors (Lipinski definition) is 5. The summed E-state index contributed by atoms with van der Waals surface area (Å²) in [5, 5.41) is 16.5. The van der Waals surface area contributed by atoms with Crippen molar-refractivity contribution in [3.63, 3.8) is 0 Å². The first-order valence-corrected chi connectivity index (χ1v) is 7.09. The van der Waals surface area contributed by atoms with Crippen LogP contribution < -0.4 is 5.32 Å². The van der Waals surface area contributed by atoms with Gasteiger partial charge in [-0.1, -0.05) is 13.8 Å². The monoisotopic (exact) mass is 291 g/mol. The molecule has 0 radical (unpaired) electrons. The minimum Gasteiger partial charge on any atom is -0.394 e. The van der Waals surface area contributed by atoms with E-state index in [-0.39, 0.29) is 12.4 Å². The number of aliphatic hydroxyl groups excluding tert-OH is 1. The number of carbonyl (C=O) groups excluding carboxylic acids is 1. The smallest absolute Gasteiger partial charge is 0.291 e. The summed E-state index contributed by atoms with van der Waals surface area (Å²) in [7, 11) is 0. The quantitative estimate of drug-likeness (QED) is 0.858. The Morgan fingerprint density at radius 1 is 1.33 bits per heavy atom. The van der Waals surface area contributed by atoms with Gasteiger partial charge in [0.25, 0.3) is 11.7 Å². The van der Waals surface area contributed by atoms with Crippen LogP contribution in [-0.2, 0) is 0 Å². The lowest BCUT2D eigenvalue weighted by molar-refractivity contribution is 0.0807. The van der Waals surface area contributed by atoms with E-state index in [2.05, 4.69) is 20.4 Å². The molecule has 114 valence electrons. The standard InChI is InChI=1S/C14H21N5O2/c1-5-14(6-2,8-20)17-12(21)11-16-13-15-9(3)7-10(4)19(13)18-11/h7,20H,5-6,8H2,1-4H3,(H,17,21). The number of aryl methyl sites for hydroxylation is 2. The highest BCUT2D eigenvalue weighted by Crippen LogP contribution is 2.15. The van der Waals surface area contributed by atoms with E-state index in [1.165, 1.54) is 0 Å². The van der Waals surface area contributed by atoms with Crippen LogP contribution in [0.5, 0.6) is 0 Å². The van der Waals surface area contributed by atoms with Gasteiger partial charge in [-0.2, -0.15) is 4.98 Å². The maximum absolute atomic E-state index is 12.3. The van der Waals surface area contributed by atoms with Gasteiger partial charge in [-0.05, 0) is 32.8 Å². The molecule has 2 rings (SSSR count). The van der Waals surface area contributed by atoms with Crippen molar-refractivity contribution in [2.75, 3.05) is 6.61 Å². The van der Waals surface area contributed by atoms with E-state index in [1.807, 2.05) is 33.8 Å². The predicted molar refractivity (Wildman–Crippen MR) is 78.1 cm³/mol. The third kappa shape index (κ3) is 2.87. The van der Waals surface area contributed by atoms with E-state index in [0.29, 0.717) is 18.6 Å². The zero-order chi connectivity index (χ0) is 15.6. The third-order valence-electron chi connectivity index (χ3n) is 3.86. The fourth-order valence-electron chi connectivity index (χ4n) is 2.25. The molecule has 2 heterocycles. The van der Waals surface area contributed by atoms with Crippen LogP contribution in [0.25, 0.3) is 5.78 Å². The number of aromatic nitrogens is 4. The number of fused-ring (bicyclic) bond motifs is 1. The van der Waals surface area contributed by atoms with Gasteiger partial charge in [0.1, 0.15) is 0 Å². The van der Waals surface area contributed by atoms with E-state index in [9.17, 15) is 9.90 Å². The molecule has 2 aromatic heterocycles. The molecule has 0 aromatic carbocycles. The summed E-state index contributed by atoms with van der Waals surface area (Å²) in [5.74, 6) is 0.0754. The van der Waals surface area contributed by atoms with Crippen LogP contribution in [0.2, 0.25) is 0 Å². The van der Waals surface area contributed by atoms with E-state index >= 15 is 0 Å². The number of nitrogens with zero attached hydrogens (tertiary/aromatic N) is 4. The molecule has 0 saturated heterocycles. The van der Waals surface area contributed by atoms with Crippen LogP contribution in [0, 0.1) is 13.8 Å². The maximum Gasteiger partial charge on any atom is 0.291 e. The summed E-state index contributed by atoms with van der Waals surface area (Å²) >= 11 is 0. The normalized spacial score (nSPS) is 11.9. The first kappa shape index (κ1) is 15.4. The van der Waals surface area contributed by atoms with E-state index in [1.54, 1.807) is 4.52 Å². The molecule has 0 bridgehead atoms. The molecule has 7 nitrogen and oxygen atoms in total. The van der Waals surface area contributed by atoms with Crippen LogP contribution >= 0.6 is 0 Å². The molecule has 0 aliphatic carbocycles. The van der Waals surface area contributed by atoms with Crippen molar-refractivity contribution in [3.8, 4) is 0 Å². The molecule has 0 saturated carbocycles. The second-order valence-electron chi connectivity index (χ2n) is 5.29. The lowest BCUT2D eigenvalue weighted by Crippen LogP contribution is -2.50. The number of aliphatic hydroxyl groups is 1. The molecule has 7 heteroatoms. The highest BCUT2D eigenvalue weighted by atomic mass is 16.3. The molecule has 0 spiro atoms. The van der Waals surface area contributed by atoms with Gasteiger partial charge in [-0.3, -0.25) is 4.79 Å². The zero-order valence-electron chi connectivity index (χ0n) is 12.8. The Morgan fingerprint density at radius 2 is 2.00 bits per heavy atom. The van der Waals surface area contributed by atoms with Gasteiger partial charge in [0.2, 0.25) is 5.82 Å². The first-order chi connectivity index (χ1) is 9.94. The molecule has 0 atom stereocenters. The molecule has 2 aromatic rings. The van der Waals surface area contributed by atoms with Crippen molar-refractivity contribution in [1.29, 1.82) is 0 Å². The van der Waals surface area contributed by atoms with E-state index in [4.69, 9.17) is 0 Å². The number of nitrogens with one attached hydrogen (secondary N) is 1. The fourth-order valence-corrected chi connectivity index (χ4v) is 2.25. The Kier molecular flexibility index (Phi) is 4.22. The largest absolute Gasteiger partial charge is 0.394 e. The van der Waals surface area contributed by atoms with Crippen molar-refractivity contribution in [3.05, 3.63) is 23.3 Å². The summed E-state index contributed by atoms with van der Waals surface area (Å²) in [6, 6.07) is 1.87. The minimum atomic E-state index is -0.632. The van der Waals surface area contributed by atoms with Gasteiger partial charge < -0.3 is 10.4 Å². The van der Waals surface area contributed by atoms with Gasteiger partial charge in [0, 0.05) is 11.4 Å². The van der Waals surface area contributed by atoms with Crippen molar-refractivity contribution in [2.24, 2.45) is 0 Å². The fraction of sp³-hybridized carbons (Fsp3) is 0.571. The summed E-state index contributed by atoms with van der Waals surface area (Å²) in [6.07, 6.45) is 1.27. The summed E-state index contributed by atoms with van der Waals surface area (Å²) in [4.78, 5) is 20.7. The number of rotatable bonds is 5. The number of carbonyl (C=O) groups is 1. The molecular weight excluding hydrogens is 270 g/mol. The second kappa shape index (κ2) is 5.77. The zero-order valence-corrected chi connectivity index (χ0v) is 12.8. The molecule has 0 aliphatic heterocycles. The molecule has 21 heavy (non-hydrogen) atoms. The molecule has 1 amide bonds. The van der Waals surface area contributed by atoms with Crippen LogP contribution in [0.4, 0.5) is 0 Å². The Labute approximate surface area is 123 Å². The molecule has 0 fully saturated rings. The van der Waals surface area contributed by atoms with Gasteiger partial charge in [0.15, 0.2) is 0 Å². The maximum atomic E-state index is 12.3. The van der Waals surface area contributed by atoms with Crippen molar-refractivity contribution >= 4 is 11.7 Å². The lowest BCUT2D eigenvalue weighted by atomic mass is 9.94. The van der Waals surface area contributed by atoms with Crippen LogP contribution in [0.3, 0.4) is 0 Å². The lowest BCUT2D eigenvalue weighted by Gasteiger charge is -2.30. The van der Waals surface area contributed by atoms with Gasteiger partial charge in [0.05, 0.1) is 12.1 Å². The van der Waals surface area contributed by atoms with Crippen LogP contribution in [0.1, 0.15) is 48.7 Å². The SMILES string of the molecule is CCC(CC)(CO)NC(=O)c1nc2nc(C)cc(C)n2n1. The van der Waals surface area contributed by atoms with E-state index < -0.39 is 11.4 Å². The molecule has 0 unspecified atom stereocenters. The third-order valence-corrected chi connectivity index (χ3v) is 3.86. The average molecular weight is 291 g/mol. The van der Waals surface area contributed by atoms with Crippen molar-refractivity contribution in [1.82, 2.24) is 24.9 Å². The second-order valence-corrected chi connectivity index (χ2v) is 5.29. The molecular formula is C14H21N5O2. The van der Waals surface area contributed by atoms with Gasteiger partial charge in [-0.15, -0.1) is 5.10 Å². The van der Waals surface area contributed by atoms with E-state index in [0.717, 1.165) is 11.4 Å². The topological polar surface area (TPSA) is 92.4 Å². The van der Waals surface area contributed by atoms with Crippen molar-refractivity contribution in [2.45, 2.75) is 46.1 Å². The minimum absolute atomic E-state index is 0.0657. The summed E-state index contributed by atoms with van der Waals surface area (Å²) < 4.78 is 1.54. The predicted octanol–water partition coefficient (Wildman–Crippen LogP) is 1.02. The Bertz CT molecular complexity index is 652.